The van der Waals surface area contributed by atoms with Crippen molar-refractivity contribution < 1.29 is 17.9 Å². The van der Waals surface area contributed by atoms with Gasteiger partial charge in [0.2, 0.25) is 10.0 Å². The van der Waals surface area contributed by atoms with E-state index in [2.05, 4.69) is 19.2 Å². The summed E-state index contributed by atoms with van der Waals surface area (Å²) in [6.45, 7) is 4.28. The molecule has 3 aromatic rings. The molecule has 0 aliphatic carbocycles. The number of benzene rings is 3. The summed E-state index contributed by atoms with van der Waals surface area (Å²) in [5.41, 5.74) is 2.21. The average Bonchev–Trinajstić information content (AvgIpc) is 2.86. The second kappa shape index (κ2) is 10.9. The van der Waals surface area contributed by atoms with E-state index in [9.17, 15) is 13.2 Å². The molecule has 0 saturated carbocycles. The minimum Gasteiger partial charge on any atom is -0.487 e. The maximum absolute atomic E-state index is 13.2. The maximum atomic E-state index is 13.2. The van der Waals surface area contributed by atoms with Crippen molar-refractivity contribution in [2.75, 3.05) is 10.6 Å². The summed E-state index contributed by atoms with van der Waals surface area (Å²) in [5.74, 6) is 0.607. The Morgan fingerprint density at radius 2 is 1.65 bits per heavy atom. The van der Waals surface area contributed by atoms with E-state index in [1.807, 2.05) is 24.3 Å². The van der Waals surface area contributed by atoms with Crippen molar-refractivity contribution in [1.29, 1.82) is 0 Å². The van der Waals surface area contributed by atoms with Crippen LogP contribution in [0.5, 0.6) is 5.75 Å². The SMILES string of the molecule is CCC1(CC)CC(NC(=O)c2ccc(CN(c3cc(Cl)cc(Cl)c3)S(C)(=O)=O)cc2)c2ccccc2O1. The number of para-hydroxylation sites is 1. The fourth-order valence-electron chi connectivity index (χ4n) is 4.68. The van der Waals surface area contributed by atoms with Gasteiger partial charge < -0.3 is 10.1 Å². The van der Waals surface area contributed by atoms with Gasteiger partial charge in [0.25, 0.3) is 5.91 Å². The third-order valence-corrected chi connectivity index (χ3v) is 8.45. The molecule has 0 spiro atoms. The second-order valence-corrected chi connectivity index (χ2v) is 12.1. The third-order valence-electron chi connectivity index (χ3n) is 6.87. The minimum atomic E-state index is -3.62. The van der Waals surface area contributed by atoms with E-state index >= 15 is 0 Å². The quantitative estimate of drug-likeness (QED) is 0.329. The molecule has 196 valence electrons. The lowest BCUT2D eigenvalue weighted by Crippen LogP contribution is -2.44. The summed E-state index contributed by atoms with van der Waals surface area (Å²) in [5, 5.41) is 3.86. The zero-order valence-electron chi connectivity index (χ0n) is 21.0. The summed E-state index contributed by atoms with van der Waals surface area (Å²) in [4.78, 5) is 13.2. The number of ether oxygens (including phenoxy) is 1. The van der Waals surface area contributed by atoms with Crippen LogP contribution in [0.15, 0.2) is 66.7 Å². The molecule has 1 amide bonds. The van der Waals surface area contributed by atoms with E-state index in [0.717, 1.165) is 30.4 Å². The molecule has 3 aromatic carbocycles. The first-order chi connectivity index (χ1) is 17.5. The fraction of sp³-hybridized carbons (Fsp3) is 0.321. The van der Waals surface area contributed by atoms with E-state index in [1.165, 1.54) is 4.31 Å². The van der Waals surface area contributed by atoms with Gasteiger partial charge in [0, 0.05) is 27.6 Å². The molecule has 1 aliphatic rings. The van der Waals surface area contributed by atoms with Gasteiger partial charge in [-0.2, -0.15) is 0 Å². The Morgan fingerprint density at radius 1 is 1.03 bits per heavy atom. The monoisotopic (exact) mass is 560 g/mol. The van der Waals surface area contributed by atoms with Crippen molar-refractivity contribution in [2.45, 2.75) is 51.3 Å². The summed E-state index contributed by atoms with van der Waals surface area (Å²) >= 11 is 12.2. The van der Waals surface area contributed by atoms with E-state index in [4.69, 9.17) is 27.9 Å². The number of hydrogen-bond donors (Lipinski definition) is 1. The van der Waals surface area contributed by atoms with E-state index < -0.39 is 10.0 Å². The van der Waals surface area contributed by atoms with Crippen LogP contribution in [0.3, 0.4) is 0 Å². The molecule has 4 rings (SSSR count). The second-order valence-electron chi connectivity index (χ2n) is 9.35. The van der Waals surface area contributed by atoms with Crippen molar-refractivity contribution in [3.63, 3.8) is 0 Å². The Morgan fingerprint density at radius 3 is 2.24 bits per heavy atom. The largest absolute Gasteiger partial charge is 0.487 e. The van der Waals surface area contributed by atoms with E-state index in [1.54, 1.807) is 42.5 Å². The molecular weight excluding hydrogens is 531 g/mol. The molecule has 1 aliphatic heterocycles. The normalized spacial score (nSPS) is 16.4. The Bertz CT molecular complexity index is 1370. The van der Waals surface area contributed by atoms with Gasteiger partial charge in [0.1, 0.15) is 11.4 Å². The molecule has 0 aromatic heterocycles. The van der Waals surface area contributed by atoms with Gasteiger partial charge in [-0.05, 0) is 54.8 Å². The van der Waals surface area contributed by atoms with Gasteiger partial charge in [0.15, 0.2) is 0 Å². The van der Waals surface area contributed by atoms with Crippen molar-refractivity contribution in [1.82, 2.24) is 5.32 Å². The first-order valence-corrected chi connectivity index (χ1v) is 14.8. The number of anilines is 1. The highest BCUT2D eigenvalue weighted by molar-refractivity contribution is 7.92. The molecule has 0 bridgehead atoms. The number of carbonyl (C=O) groups excluding carboxylic acids is 1. The molecule has 1 N–H and O–H groups in total. The van der Waals surface area contributed by atoms with Crippen LogP contribution in [-0.2, 0) is 16.6 Å². The summed E-state index contributed by atoms with van der Waals surface area (Å²) < 4.78 is 32.6. The number of fused-ring (bicyclic) bond motifs is 1. The minimum absolute atomic E-state index is 0.0697. The Kier molecular flexibility index (Phi) is 8.07. The lowest BCUT2D eigenvalue weighted by atomic mass is 9.83. The highest BCUT2D eigenvalue weighted by Crippen LogP contribution is 2.42. The predicted octanol–water partition coefficient (Wildman–Crippen LogP) is 6.77. The smallest absolute Gasteiger partial charge is 0.251 e. The Balaban J connectivity index is 1.53. The van der Waals surface area contributed by atoms with Crippen molar-refractivity contribution in [2.24, 2.45) is 0 Å². The molecule has 1 heterocycles. The van der Waals surface area contributed by atoms with Gasteiger partial charge >= 0.3 is 0 Å². The standard InChI is InChI=1S/C28H30Cl2N2O4S/c1-4-28(5-2)17-25(24-8-6-7-9-26(24)36-28)31-27(33)20-12-10-19(11-13-20)18-32(37(3,34)35)23-15-21(29)14-22(30)16-23/h6-16,25H,4-5,17-18H2,1-3H3,(H,31,33). The van der Waals surface area contributed by atoms with Gasteiger partial charge in [0.05, 0.1) is 24.5 Å². The molecule has 6 nitrogen and oxygen atoms in total. The topological polar surface area (TPSA) is 75.7 Å². The summed E-state index contributed by atoms with van der Waals surface area (Å²) in [6, 6.07) is 19.2. The zero-order valence-corrected chi connectivity index (χ0v) is 23.3. The number of nitrogens with zero attached hydrogens (tertiary/aromatic N) is 1. The molecule has 1 unspecified atom stereocenters. The maximum Gasteiger partial charge on any atom is 0.251 e. The van der Waals surface area contributed by atoms with Crippen LogP contribution >= 0.6 is 23.2 Å². The van der Waals surface area contributed by atoms with Crippen molar-refractivity contribution >= 4 is 44.8 Å². The highest BCUT2D eigenvalue weighted by atomic mass is 35.5. The van der Waals surface area contributed by atoms with Crippen LogP contribution in [-0.4, -0.2) is 26.2 Å². The lowest BCUT2D eigenvalue weighted by molar-refractivity contribution is 0.0227. The van der Waals surface area contributed by atoms with Crippen LogP contribution in [0.25, 0.3) is 0 Å². The van der Waals surface area contributed by atoms with Crippen molar-refractivity contribution in [3.05, 3.63) is 93.5 Å². The Labute approximate surface area is 228 Å². The van der Waals surface area contributed by atoms with Gasteiger partial charge in [-0.15, -0.1) is 0 Å². The molecule has 37 heavy (non-hydrogen) atoms. The van der Waals surface area contributed by atoms with Crippen LogP contribution in [0.2, 0.25) is 10.0 Å². The zero-order chi connectivity index (χ0) is 26.8. The number of nitrogens with one attached hydrogen (secondary N) is 1. The molecule has 0 fully saturated rings. The van der Waals surface area contributed by atoms with Crippen LogP contribution < -0.4 is 14.4 Å². The number of carbonyl (C=O) groups is 1. The highest BCUT2D eigenvalue weighted by Gasteiger charge is 2.39. The van der Waals surface area contributed by atoms with E-state index in [-0.39, 0.29) is 24.1 Å². The van der Waals surface area contributed by atoms with Gasteiger partial charge in [-0.1, -0.05) is 67.4 Å². The van der Waals surface area contributed by atoms with E-state index in [0.29, 0.717) is 33.3 Å². The van der Waals surface area contributed by atoms with Gasteiger partial charge in [-0.3, -0.25) is 9.10 Å². The first-order valence-electron chi connectivity index (χ1n) is 12.1. The number of halogens is 2. The number of rotatable bonds is 8. The van der Waals surface area contributed by atoms with Gasteiger partial charge in [-0.25, -0.2) is 8.42 Å². The molecular formula is C28H30Cl2N2O4S. The molecule has 1 atom stereocenters. The third kappa shape index (κ3) is 6.22. The van der Waals surface area contributed by atoms with Crippen LogP contribution in [0, 0.1) is 0 Å². The molecule has 0 saturated heterocycles. The summed E-state index contributed by atoms with van der Waals surface area (Å²) in [7, 11) is -3.62. The number of sulfonamides is 1. The fourth-order valence-corrected chi connectivity index (χ4v) is 6.07. The summed E-state index contributed by atoms with van der Waals surface area (Å²) in [6.07, 6.45) is 3.50. The number of hydrogen-bond acceptors (Lipinski definition) is 4. The lowest BCUT2D eigenvalue weighted by Gasteiger charge is -2.41. The van der Waals surface area contributed by atoms with Crippen LogP contribution in [0.4, 0.5) is 5.69 Å². The Hall–Kier alpha value is -2.74. The average molecular weight is 562 g/mol. The number of amides is 1. The molecule has 0 radical (unpaired) electrons. The van der Waals surface area contributed by atoms with Crippen LogP contribution in [0.1, 0.15) is 60.6 Å². The molecule has 9 heteroatoms. The predicted molar refractivity (Wildman–Crippen MR) is 149 cm³/mol. The van der Waals surface area contributed by atoms with Crippen molar-refractivity contribution in [3.8, 4) is 5.75 Å². The first kappa shape index (κ1) is 27.3.